The molecule has 1 aromatic rings. The molecule has 0 radical (unpaired) electrons. The Labute approximate surface area is 116 Å². The summed E-state index contributed by atoms with van der Waals surface area (Å²) in [4.78, 5) is 5.25. The van der Waals surface area contributed by atoms with Crippen LogP contribution in [0.25, 0.3) is 0 Å². The van der Waals surface area contributed by atoms with Crippen molar-refractivity contribution in [3.05, 3.63) is 29.3 Å². The highest BCUT2D eigenvalue weighted by molar-refractivity contribution is 5.55. The molecule has 19 heavy (non-hydrogen) atoms. The van der Waals surface area contributed by atoms with E-state index < -0.39 is 0 Å². The van der Waals surface area contributed by atoms with E-state index in [4.69, 9.17) is 0 Å². The van der Waals surface area contributed by atoms with Gasteiger partial charge >= 0.3 is 0 Å². The Hall–Kier alpha value is -1.06. The Morgan fingerprint density at radius 3 is 2.63 bits per heavy atom. The molecule has 1 aromatic carbocycles. The molecule has 0 amide bonds. The highest BCUT2D eigenvalue weighted by Gasteiger charge is 2.26. The van der Waals surface area contributed by atoms with Crippen molar-refractivity contribution < 1.29 is 0 Å². The first-order valence-electron chi connectivity index (χ1n) is 7.51. The smallest absolute Gasteiger partial charge is 0.0399 e. The van der Waals surface area contributed by atoms with Crippen LogP contribution in [0.1, 0.15) is 17.5 Å². The van der Waals surface area contributed by atoms with Crippen LogP contribution in [0.4, 0.5) is 5.69 Å². The first kappa shape index (κ1) is 12.9. The third-order valence-electron chi connectivity index (χ3n) is 4.51. The van der Waals surface area contributed by atoms with Crippen LogP contribution < -0.4 is 10.2 Å². The lowest BCUT2D eigenvalue weighted by Crippen LogP contribution is -2.57. The predicted molar refractivity (Wildman–Crippen MR) is 81.0 cm³/mol. The van der Waals surface area contributed by atoms with Gasteiger partial charge in [-0.05, 0) is 37.5 Å². The highest BCUT2D eigenvalue weighted by Crippen LogP contribution is 2.23. The lowest BCUT2D eigenvalue weighted by Gasteiger charge is -2.37. The van der Waals surface area contributed by atoms with Crippen LogP contribution in [-0.4, -0.2) is 50.2 Å². The Bertz CT molecular complexity index is 440. The van der Waals surface area contributed by atoms with Gasteiger partial charge in [-0.3, -0.25) is 4.90 Å². The average Bonchev–Trinajstić information content (AvgIpc) is 2.56. The maximum Gasteiger partial charge on any atom is 0.0399 e. The van der Waals surface area contributed by atoms with Crippen molar-refractivity contribution in [2.24, 2.45) is 0 Å². The maximum absolute atomic E-state index is 3.38. The second-order valence-electron chi connectivity index (χ2n) is 5.98. The maximum atomic E-state index is 3.38. The average molecular weight is 259 g/mol. The number of hydrogen-bond acceptors (Lipinski definition) is 3. The van der Waals surface area contributed by atoms with Crippen LogP contribution in [0.2, 0.25) is 0 Å². The van der Waals surface area contributed by atoms with Crippen LogP contribution in [0, 0.1) is 13.8 Å². The minimum Gasteiger partial charge on any atom is -0.370 e. The van der Waals surface area contributed by atoms with Crippen molar-refractivity contribution in [1.29, 1.82) is 0 Å². The molecule has 2 aliphatic rings. The Kier molecular flexibility index (Phi) is 3.76. The minimum absolute atomic E-state index is 0.790. The van der Waals surface area contributed by atoms with Crippen molar-refractivity contribution in [1.82, 2.24) is 10.2 Å². The zero-order valence-corrected chi connectivity index (χ0v) is 12.2. The quantitative estimate of drug-likeness (QED) is 0.873. The van der Waals surface area contributed by atoms with E-state index in [0.717, 1.165) is 6.04 Å². The fraction of sp³-hybridized carbons (Fsp3) is 0.625. The molecule has 3 heteroatoms. The molecular weight excluding hydrogens is 234 g/mol. The summed E-state index contributed by atoms with van der Waals surface area (Å²) < 4.78 is 0. The Morgan fingerprint density at radius 1 is 1.05 bits per heavy atom. The molecule has 0 aromatic heterocycles. The zero-order valence-electron chi connectivity index (χ0n) is 12.2. The summed E-state index contributed by atoms with van der Waals surface area (Å²) in [6, 6.07) is 7.60. The standard InChI is InChI=1S/C16H25N3/c1-13-4-5-14(2)16(10-13)19-7-3-6-18(8-9-19)15-11-17-12-15/h4-5,10,15,17H,3,6-9,11-12H2,1-2H3. The molecule has 2 saturated heterocycles. The van der Waals surface area contributed by atoms with E-state index >= 15 is 0 Å². The van der Waals surface area contributed by atoms with Gasteiger partial charge in [0.1, 0.15) is 0 Å². The second-order valence-corrected chi connectivity index (χ2v) is 5.98. The van der Waals surface area contributed by atoms with E-state index in [2.05, 4.69) is 47.2 Å². The number of aryl methyl sites for hydroxylation is 2. The number of nitrogens with one attached hydrogen (secondary N) is 1. The molecule has 2 fully saturated rings. The molecule has 0 spiro atoms. The van der Waals surface area contributed by atoms with Crippen molar-refractivity contribution in [3.8, 4) is 0 Å². The first-order valence-corrected chi connectivity index (χ1v) is 7.51. The van der Waals surface area contributed by atoms with Gasteiger partial charge in [0, 0.05) is 51.0 Å². The lowest BCUT2D eigenvalue weighted by atomic mass is 10.1. The third-order valence-corrected chi connectivity index (χ3v) is 4.51. The molecule has 0 saturated carbocycles. The molecule has 0 unspecified atom stereocenters. The van der Waals surface area contributed by atoms with Gasteiger partial charge in [0.05, 0.1) is 0 Å². The highest BCUT2D eigenvalue weighted by atomic mass is 15.3. The van der Waals surface area contributed by atoms with E-state index in [1.54, 1.807) is 0 Å². The lowest BCUT2D eigenvalue weighted by molar-refractivity contribution is 0.155. The molecule has 2 heterocycles. The predicted octanol–water partition coefficient (Wildman–Crippen LogP) is 1.79. The van der Waals surface area contributed by atoms with Crippen molar-refractivity contribution in [2.75, 3.05) is 44.2 Å². The molecule has 0 atom stereocenters. The summed E-state index contributed by atoms with van der Waals surface area (Å²) in [6.07, 6.45) is 1.28. The van der Waals surface area contributed by atoms with Gasteiger partial charge in [0.15, 0.2) is 0 Å². The Morgan fingerprint density at radius 2 is 1.89 bits per heavy atom. The van der Waals surface area contributed by atoms with Gasteiger partial charge in [0.2, 0.25) is 0 Å². The summed E-state index contributed by atoms with van der Waals surface area (Å²) in [5.41, 5.74) is 4.21. The van der Waals surface area contributed by atoms with Gasteiger partial charge < -0.3 is 10.2 Å². The molecule has 0 bridgehead atoms. The molecule has 0 aliphatic carbocycles. The van der Waals surface area contributed by atoms with Crippen molar-refractivity contribution >= 4 is 5.69 Å². The fourth-order valence-corrected chi connectivity index (χ4v) is 3.14. The van der Waals surface area contributed by atoms with Gasteiger partial charge in [-0.1, -0.05) is 12.1 Å². The second kappa shape index (κ2) is 5.51. The van der Waals surface area contributed by atoms with Crippen molar-refractivity contribution in [2.45, 2.75) is 26.3 Å². The summed E-state index contributed by atoms with van der Waals surface area (Å²) >= 11 is 0. The van der Waals surface area contributed by atoms with E-state index in [1.165, 1.54) is 62.5 Å². The van der Waals surface area contributed by atoms with Crippen molar-refractivity contribution in [3.63, 3.8) is 0 Å². The summed E-state index contributed by atoms with van der Waals surface area (Å²) in [7, 11) is 0. The van der Waals surface area contributed by atoms with Crippen LogP contribution in [0.5, 0.6) is 0 Å². The monoisotopic (exact) mass is 259 g/mol. The molecule has 2 aliphatic heterocycles. The van der Waals surface area contributed by atoms with Crippen LogP contribution in [0.15, 0.2) is 18.2 Å². The van der Waals surface area contributed by atoms with E-state index in [1.807, 2.05) is 0 Å². The number of hydrogen-bond donors (Lipinski definition) is 1. The Balaban J connectivity index is 1.70. The SMILES string of the molecule is Cc1ccc(C)c(N2CCCN(C3CNC3)CC2)c1. The number of benzene rings is 1. The summed E-state index contributed by atoms with van der Waals surface area (Å²) in [6.45, 7) is 11.6. The van der Waals surface area contributed by atoms with Gasteiger partial charge in [-0.15, -0.1) is 0 Å². The number of anilines is 1. The fourth-order valence-electron chi connectivity index (χ4n) is 3.14. The van der Waals surface area contributed by atoms with Gasteiger partial charge in [0.25, 0.3) is 0 Å². The molecular formula is C16H25N3. The molecule has 1 N–H and O–H groups in total. The van der Waals surface area contributed by atoms with E-state index in [-0.39, 0.29) is 0 Å². The molecule has 104 valence electrons. The molecule has 3 nitrogen and oxygen atoms in total. The van der Waals surface area contributed by atoms with E-state index in [0.29, 0.717) is 0 Å². The summed E-state index contributed by atoms with van der Waals surface area (Å²) in [5, 5.41) is 3.38. The third kappa shape index (κ3) is 2.77. The summed E-state index contributed by atoms with van der Waals surface area (Å²) in [5.74, 6) is 0. The zero-order chi connectivity index (χ0) is 13.2. The number of rotatable bonds is 2. The van der Waals surface area contributed by atoms with Crippen LogP contribution >= 0.6 is 0 Å². The van der Waals surface area contributed by atoms with Crippen LogP contribution in [-0.2, 0) is 0 Å². The minimum atomic E-state index is 0.790. The number of nitrogens with zero attached hydrogens (tertiary/aromatic N) is 2. The van der Waals surface area contributed by atoms with Crippen LogP contribution in [0.3, 0.4) is 0 Å². The van der Waals surface area contributed by atoms with Gasteiger partial charge in [-0.2, -0.15) is 0 Å². The topological polar surface area (TPSA) is 18.5 Å². The normalized spacial score (nSPS) is 22.1. The molecule has 3 rings (SSSR count). The first-order chi connectivity index (χ1) is 9.24. The van der Waals surface area contributed by atoms with E-state index in [9.17, 15) is 0 Å². The van der Waals surface area contributed by atoms with Gasteiger partial charge in [-0.25, -0.2) is 0 Å². The largest absolute Gasteiger partial charge is 0.370 e.